The Morgan fingerprint density at radius 1 is 1.16 bits per heavy atom. The molecule has 1 amide bonds. The van der Waals surface area contributed by atoms with Crippen LogP contribution < -0.4 is 14.4 Å². The summed E-state index contributed by atoms with van der Waals surface area (Å²) in [5.74, 6) is 1.83. The van der Waals surface area contributed by atoms with Crippen molar-refractivity contribution in [3.05, 3.63) is 58.1 Å². The van der Waals surface area contributed by atoms with Gasteiger partial charge in [0.25, 0.3) is 0 Å². The van der Waals surface area contributed by atoms with Crippen molar-refractivity contribution >= 4 is 56.6 Å². The van der Waals surface area contributed by atoms with Gasteiger partial charge in [0.05, 0.1) is 19.1 Å². The molecule has 2 aromatic carbocycles. The van der Waals surface area contributed by atoms with Crippen molar-refractivity contribution in [1.29, 1.82) is 0 Å². The molecule has 0 heterocycles. The first-order chi connectivity index (χ1) is 14.7. The second kappa shape index (κ2) is 12.4. The number of methoxy groups -OCH3 is 1. The predicted octanol–water partition coefficient (Wildman–Crippen LogP) is 4.60. The molecule has 0 bridgehead atoms. The van der Waals surface area contributed by atoms with Gasteiger partial charge in [-0.15, -0.1) is 0 Å². The molecule has 0 aliphatic rings. The minimum absolute atomic E-state index is 0.115. The normalized spacial score (nSPS) is 11.2. The number of hydrogen-bond acceptors (Lipinski definition) is 5. The zero-order chi connectivity index (χ0) is 22.9. The van der Waals surface area contributed by atoms with Crippen LogP contribution in [0.25, 0.3) is 0 Å². The molecule has 31 heavy (non-hydrogen) atoms. The number of hydrogen-bond donors (Lipinski definition) is 1. The van der Waals surface area contributed by atoms with Crippen LogP contribution in [0.2, 0.25) is 10.0 Å². The van der Waals surface area contributed by atoms with E-state index in [2.05, 4.69) is 5.32 Å². The number of ether oxygens (including phenoxy) is 1. The molecule has 0 atom stereocenters. The van der Waals surface area contributed by atoms with E-state index in [4.69, 9.17) is 27.9 Å². The van der Waals surface area contributed by atoms with E-state index in [-0.39, 0.29) is 18.9 Å². The number of amides is 1. The molecule has 0 aliphatic heterocycles. The van der Waals surface area contributed by atoms with Crippen molar-refractivity contribution in [3.63, 3.8) is 0 Å². The van der Waals surface area contributed by atoms with E-state index in [9.17, 15) is 13.2 Å². The predicted molar refractivity (Wildman–Crippen MR) is 130 cm³/mol. The van der Waals surface area contributed by atoms with Crippen LogP contribution in [-0.4, -0.2) is 46.5 Å². The van der Waals surface area contributed by atoms with Gasteiger partial charge in [0, 0.05) is 47.1 Å². The minimum atomic E-state index is -3.48. The number of carbonyl (C=O) groups is 1. The van der Waals surface area contributed by atoms with Crippen molar-refractivity contribution in [2.45, 2.75) is 18.6 Å². The number of nitrogens with zero attached hydrogens (tertiary/aromatic N) is 1. The van der Waals surface area contributed by atoms with E-state index in [1.165, 1.54) is 11.4 Å². The van der Waals surface area contributed by atoms with E-state index in [0.717, 1.165) is 11.8 Å². The third-order valence-electron chi connectivity index (χ3n) is 4.38. The Bertz CT molecular complexity index is 967. The van der Waals surface area contributed by atoms with Gasteiger partial charge in [-0.25, -0.2) is 8.42 Å². The SMILES string of the molecule is COc1cccc(N(CCCC(=O)NCCSCc2c(Cl)cccc2Cl)S(C)(=O)=O)c1. The van der Waals surface area contributed by atoms with E-state index >= 15 is 0 Å². The average molecular weight is 505 g/mol. The molecule has 0 fully saturated rings. The molecule has 0 spiro atoms. The van der Waals surface area contributed by atoms with Crippen molar-refractivity contribution in [1.82, 2.24) is 5.32 Å². The number of halogens is 2. The maximum absolute atomic E-state index is 12.2. The lowest BCUT2D eigenvalue weighted by molar-refractivity contribution is -0.121. The first-order valence-corrected chi connectivity index (χ1v) is 13.4. The number of benzene rings is 2. The van der Waals surface area contributed by atoms with Crippen LogP contribution in [0.5, 0.6) is 5.75 Å². The molecule has 0 saturated carbocycles. The lowest BCUT2D eigenvalue weighted by atomic mass is 10.2. The zero-order valence-electron chi connectivity index (χ0n) is 17.4. The summed E-state index contributed by atoms with van der Waals surface area (Å²) in [4.78, 5) is 12.1. The van der Waals surface area contributed by atoms with Gasteiger partial charge in [-0.1, -0.05) is 35.3 Å². The molecule has 0 unspecified atom stereocenters. The number of thioether (sulfide) groups is 1. The summed E-state index contributed by atoms with van der Waals surface area (Å²) in [5, 5.41) is 4.12. The first-order valence-electron chi connectivity index (χ1n) is 9.61. The van der Waals surface area contributed by atoms with Crippen LogP contribution in [0.1, 0.15) is 18.4 Å². The highest BCUT2D eigenvalue weighted by atomic mass is 35.5. The molecule has 2 rings (SSSR count). The summed E-state index contributed by atoms with van der Waals surface area (Å²) in [6, 6.07) is 12.2. The highest BCUT2D eigenvalue weighted by Gasteiger charge is 2.18. The molecule has 0 radical (unpaired) electrons. The van der Waals surface area contributed by atoms with E-state index in [1.807, 2.05) is 0 Å². The third-order valence-corrected chi connectivity index (χ3v) is 7.27. The van der Waals surface area contributed by atoms with Crippen LogP contribution in [0.4, 0.5) is 5.69 Å². The van der Waals surface area contributed by atoms with Crippen LogP contribution in [0.15, 0.2) is 42.5 Å². The maximum Gasteiger partial charge on any atom is 0.232 e. The van der Waals surface area contributed by atoms with Crippen LogP contribution >= 0.6 is 35.0 Å². The fraction of sp³-hybridized carbons (Fsp3) is 0.381. The van der Waals surface area contributed by atoms with Gasteiger partial charge >= 0.3 is 0 Å². The molecule has 0 aromatic heterocycles. The van der Waals surface area contributed by atoms with Gasteiger partial charge in [0.1, 0.15) is 5.75 Å². The van der Waals surface area contributed by atoms with Gasteiger partial charge < -0.3 is 10.1 Å². The smallest absolute Gasteiger partial charge is 0.232 e. The van der Waals surface area contributed by atoms with E-state index < -0.39 is 10.0 Å². The topological polar surface area (TPSA) is 75.7 Å². The Labute approximate surface area is 198 Å². The summed E-state index contributed by atoms with van der Waals surface area (Å²) in [5.41, 5.74) is 1.40. The maximum atomic E-state index is 12.2. The molecule has 0 aliphatic carbocycles. The molecule has 170 valence electrons. The van der Waals surface area contributed by atoms with Crippen LogP contribution in [0.3, 0.4) is 0 Å². The Balaban J connectivity index is 1.74. The summed E-state index contributed by atoms with van der Waals surface area (Å²) >= 11 is 13.9. The average Bonchev–Trinajstić information content (AvgIpc) is 2.72. The summed E-state index contributed by atoms with van der Waals surface area (Å²) in [6.07, 6.45) is 1.78. The number of sulfonamides is 1. The molecule has 6 nitrogen and oxygen atoms in total. The number of carbonyl (C=O) groups excluding carboxylic acids is 1. The van der Waals surface area contributed by atoms with Gasteiger partial charge in [-0.3, -0.25) is 9.10 Å². The Hall–Kier alpha value is -1.61. The van der Waals surface area contributed by atoms with E-state index in [1.54, 1.807) is 54.2 Å². The number of rotatable bonds is 12. The lowest BCUT2D eigenvalue weighted by Gasteiger charge is -2.22. The second-order valence-electron chi connectivity index (χ2n) is 6.74. The number of nitrogens with one attached hydrogen (secondary N) is 1. The van der Waals surface area contributed by atoms with Crippen molar-refractivity contribution < 1.29 is 17.9 Å². The fourth-order valence-corrected chi connectivity index (χ4v) is 5.38. The summed E-state index contributed by atoms with van der Waals surface area (Å²) < 4.78 is 30.8. The lowest BCUT2D eigenvalue weighted by Crippen LogP contribution is -2.32. The van der Waals surface area contributed by atoms with Crippen molar-refractivity contribution in [2.75, 3.05) is 36.5 Å². The van der Waals surface area contributed by atoms with Gasteiger partial charge in [0.15, 0.2) is 0 Å². The monoisotopic (exact) mass is 504 g/mol. The highest BCUT2D eigenvalue weighted by molar-refractivity contribution is 7.98. The largest absolute Gasteiger partial charge is 0.497 e. The highest BCUT2D eigenvalue weighted by Crippen LogP contribution is 2.28. The number of anilines is 1. The van der Waals surface area contributed by atoms with Crippen molar-refractivity contribution in [2.24, 2.45) is 0 Å². The first kappa shape index (κ1) is 25.6. The van der Waals surface area contributed by atoms with Gasteiger partial charge in [-0.2, -0.15) is 11.8 Å². The van der Waals surface area contributed by atoms with Crippen LogP contribution in [0, 0.1) is 0 Å². The fourth-order valence-electron chi connectivity index (χ4n) is 2.83. The molecule has 0 saturated heterocycles. The van der Waals surface area contributed by atoms with Crippen LogP contribution in [-0.2, 0) is 20.6 Å². The quantitative estimate of drug-likeness (QED) is 0.427. The van der Waals surface area contributed by atoms with Gasteiger partial charge in [0.2, 0.25) is 15.9 Å². The summed E-state index contributed by atoms with van der Waals surface area (Å²) in [7, 11) is -1.95. The zero-order valence-corrected chi connectivity index (χ0v) is 20.6. The molecule has 10 heteroatoms. The molecular formula is C21H26Cl2N2O4S2. The molecule has 1 N–H and O–H groups in total. The molecule has 2 aromatic rings. The minimum Gasteiger partial charge on any atom is -0.497 e. The van der Waals surface area contributed by atoms with E-state index in [0.29, 0.717) is 46.0 Å². The second-order valence-corrected chi connectivity index (χ2v) is 10.6. The third kappa shape index (κ3) is 8.44. The summed E-state index contributed by atoms with van der Waals surface area (Å²) in [6.45, 7) is 0.719. The van der Waals surface area contributed by atoms with Gasteiger partial charge in [-0.05, 0) is 36.2 Å². The molecular weight excluding hydrogens is 479 g/mol. The Morgan fingerprint density at radius 3 is 2.48 bits per heavy atom. The Morgan fingerprint density at radius 2 is 1.84 bits per heavy atom. The Kier molecular flexibility index (Phi) is 10.3. The standard InChI is InChI=1S/C21H26Cl2N2O4S2/c1-29-17-7-3-6-16(14-17)25(31(2,27)28)12-5-10-21(26)24-11-13-30-15-18-19(22)8-4-9-20(18)23/h3-4,6-9,14H,5,10-13,15H2,1-2H3,(H,24,26). The van der Waals surface area contributed by atoms with Crippen molar-refractivity contribution in [3.8, 4) is 5.75 Å².